The largest absolute Gasteiger partial charge is 0.618 e. The fourth-order valence-corrected chi connectivity index (χ4v) is 1.92. The minimum atomic E-state index is 0.710. The van der Waals surface area contributed by atoms with Crippen LogP contribution in [0.1, 0.15) is 22.3 Å². The molecule has 0 bridgehead atoms. The van der Waals surface area contributed by atoms with E-state index in [2.05, 4.69) is 6.92 Å². The van der Waals surface area contributed by atoms with Crippen LogP contribution in [0.4, 0.5) is 5.69 Å². The van der Waals surface area contributed by atoms with E-state index in [0.717, 1.165) is 15.9 Å². The Morgan fingerprint density at radius 1 is 0.889 bits per heavy atom. The van der Waals surface area contributed by atoms with E-state index in [-0.39, 0.29) is 0 Å². The van der Waals surface area contributed by atoms with E-state index in [1.165, 1.54) is 11.1 Å². The Bertz CT molecular complexity index is 586. The molecule has 2 nitrogen and oxygen atoms in total. The Kier molecular flexibility index (Phi) is 3.47. The Hall–Kier alpha value is -2.09. The van der Waals surface area contributed by atoms with Crippen molar-refractivity contribution >= 4 is 11.9 Å². The Morgan fingerprint density at radius 2 is 1.56 bits per heavy atom. The number of benzene rings is 2. The van der Waals surface area contributed by atoms with Crippen LogP contribution in [0.5, 0.6) is 0 Å². The first kappa shape index (κ1) is 12.4. The second-order valence-electron chi connectivity index (χ2n) is 4.52. The van der Waals surface area contributed by atoms with Crippen LogP contribution in [0.2, 0.25) is 0 Å². The summed E-state index contributed by atoms with van der Waals surface area (Å²) in [4.78, 5) is 0. The predicted octanol–water partition coefficient (Wildman–Crippen LogP) is 3.87. The summed E-state index contributed by atoms with van der Waals surface area (Å²) in [7, 11) is 0. The molecule has 0 radical (unpaired) electrons. The molecule has 2 heteroatoms. The molecule has 0 saturated carbocycles. The van der Waals surface area contributed by atoms with Crippen molar-refractivity contribution in [3.63, 3.8) is 0 Å². The highest BCUT2D eigenvalue weighted by atomic mass is 16.5. The molecule has 0 aliphatic carbocycles. The van der Waals surface area contributed by atoms with Crippen LogP contribution in [0.25, 0.3) is 0 Å². The monoisotopic (exact) mass is 239 g/mol. The number of hydrogen-bond donors (Lipinski definition) is 0. The second kappa shape index (κ2) is 5.05. The summed E-state index contributed by atoms with van der Waals surface area (Å²) in [5, 5.41) is 12.2. The zero-order chi connectivity index (χ0) is 13.1. The molecule has 0 amide bonds. The Labute approximate surface area is 108 Å². The molecular weight excluding hydrogens is 222 g/mol. The summed E-state index contributed by atoms with van der Waals surface area (Å²) in [6.45, 7) is 6.09. The van der Waals surface area contributed by atoms with Crippen LogP contribution in [0, 0.1) is 26.0 Å². The molecule has 0 saturated heterocycles. The summed E-state index contributed by atoms with van der Waals surface area (Å²) < 4.78 is 0.942. The van der Waals surface area contributed by atoms with Crippen LogP contribution in [-0.4, -0.2) is 11.0 Å². The van der Waals surface area contributed by atoms with E-state index in [9.17, 15) is 5.21 Å². The van der Waals surface area contributed by atoms with Crippen LogP contribution >= 0.6 is 0 Å². The SMILES string of the molecule is Cc1ccc([N+]([O-])=Cc2ccccc2)c(C)c1C. The normalized spacial score (nSPS) is 11.6. The van der Waals surface area contributed by atoms with E-state index >= 15 is 0 Å². The molecular formula is C16H17NO. The number of nitrogens with zero attached hydrogens (tertiary/aromatic N) is 1. The molecule has 0 fully saturated rings. The van der Waals surface area contributed by atoms with Gasteiger partial charge in [-0.1, -0.05) is 24.3 Å². The zero-order valence-corrected chi connectivity index (χ0v) is 11.0. The van der Waals surface area contributed by atoms with Gasteiger partial charge in [-0.3, -0.25) is 0 Å². The van der Waals surface area contributed by atoms with Crippen molar-refractivity contribution in [3.8, 4) is 0 Å². The molecule has 0 aliphatic rings. The second-order valence-corrected chi connectivity index (χ2v) is 4.52. The standard InChI is InChI=1S/C16H17NO/c1-12-9-10-16(14(3)13(12)2)17(18)11-15-7-5-4-6-8-15/h4-11H,1-3H3. The van der Waals surface area contributed by atoms with E-state index in [4.69, 9.17) is 0 Å². The third kappa shape index (κ3) is 2.43. The van der Waals surface area contributed by atoms with Crippen LogP contribution in [-0.2, 0) is 0 Å². The van der Waals surface area contributed by atoms with Crippen molar-refractivity contribution in [2.75, 3.05) is 0 Å². The fourth-order valence-electron chi connectivity index (χ4n) is 1.92. The van der Waals surface area contributed by atoms with E-state index in [0.29, 0.717) is 5.69 Å². The predicted molar refractivity (Wildman–Crippen MR) is 75.5 cm³/mol. The third-order valence-corrected chi connectivity index (χ3v) is 3.33. The summed E-state index contributed by atoms with van der Waals surface area (Å²) in [5.41, 5.74) is 5.04. The van der Waals surface area contributed by atoms with E-state index in [1.54, 1.807) is 6.21 Å². The molecule has 0 N–H and O–H groups in total. The van der Waals surface area contributed by atoms with Crippen molar-refractivity contribution < 1.29 is 4.74 Å². The molecule has 0 aromatic heterocycles. The van der Waals surface area contributed by atoms with Crippen molar-refractivity contribution in [1.82, 2.24) is 0 Å². The molecule has 0 unspecified atom stereocenters. The van der Waals surface area contributed by atoms with E-state index < -0.39 is 0 Å². The van der Waals surface area contributed by atoms with Gasteiger partial charge in [0.25, 0.3) is 0 Å². The molecule has 92 valence electrons. The molecule has 18 heavy (non-hydrogen) atoms. The summed E-state index contributed by atoms with van der Waals surface area (Å²) in [5.74, 6) is 0. The maximum Gasteiger partial charge on any atom is 0.219 e. The lowest BCUT2D eigenvalue weighted by Gasteiger charge is -2.10. The topological polar surface area (TPSA) is 26.1 Å². The van der Waals surface area contributed by atoms with Gasteiger partial charge in [0.1, 0.15) is 0 Å². The number of aryl methyl sites for hydroxylation is 1. The fraction of sp³-hybridized carbons (Fsp3) is 0.188. The van der Waals surface area contributed by atoms with Gasteiger partial charge in [-0.05, 0) is 44.0 Å². The van der Waals surface area contributed by atoms with Crippen molar-refractivity contribution in [2.45, 2.75) is 20.8 Å². The lowest BCUT2D eigenvalue weighted by Crippen LogP contribution is -2.02. The highest BCUT2D eigenvalue weighted by Gasteiger charge is 2.10. The molecule has 0 spiro atoms. The molecule has 0 atom stereocenters. The summed E-state index contributed by atoms with van der Waals surface area (Å²) in [6.07, 6.45) is 1.61. The van der Waals surface area contributed by atoms with Gasteiger partial charge in [0.15, 0.2) is 6.21 Å². The quantitative estimate of drug-likeness (QED) is 0.338. The average Bonchev–Trinajstić information content (AvgIpc) is 2.37. The van der Waals surface area contributed by atoms with Gasteiger partial charge in [-0.2, -0.15) is 4.74 Å². The molecule has 2 rings (SSSR count). The number of rotatable bonds is 2. The lowest BCUT2D eigenvalue weighted by molar-refractivity contribution is -0.355. The zero-order valence-electron chi connectivity index (χ0n) is 11.0. The van der Waals surface area contributed by atoms with Crippen molar-refractivity contribution in [3.05, 3.63) is 69.9 Å². The first-order valence-electron chi connectivity index (χ1n) is 6.02. The first-order valence-corrected chi connectivity index (χ1v) is 6.02. The minimum Gasteiger partial charge on any atom is -0.618 e. The lowest BCUT2D eigenvalue weighted by atomic mass is 10.0. The van der Waals surface area contributed by atoms with Gasteiger partial charge in [-0.25, -0.2) is 0 Å². The van der Waals surface area contributed by atoms with Crippen molar-refractivity contribution in [2.24, 2.45) is 0 Å². The summed E-state index contributed by atoms with van der Waals surface area (Å²) in [6, 6.07) is 13.5. The smallest absolute Gasteiger partial charge is 0.219 e. The molecule has 0 aliphatic heterocycles. The van der Waals surface area contributed by atoms with Gasteiger partial charge < -0.3 is 5.21 Å². The minimum absolute atomic E-state index is 0.710. The van der Waals surface area contributed by atoms with Crippen LogP contribution in [0.15, 0.2) is 42.5 Å². The van der Waals surface area contributed by atoms with Gasteiger partial charge in [0, 0.05) is 17.2 Å². The summed E-state index contributed by atoms with van der Waals surface area (Å²) >= 11 is 0. The number of hydrogen-bond acceptors (Lipinski definition) is 1. The maximum atomic E-state index is 12.2. The Morgan fingerprint density at radius 3 is 2.22 bits per heavy atom. The molecule has 0 heterocycles. The van der Waals surface area contributed by atoms with Gasteiger partial charge in [0.2, 0.25) is 5.69 Å². The molecule has 2 aromatic rings. The van der Waals surface area contributed by atoms with E-state index in [1.807, 2.05) is 56.3 Å². The maximum absolute atomic E-state index is 12.2. The molecule has 2 aromatic carbocycles. The first-order chi connectivity index (χ1) is 8.59. The Balaban J connectivity index is 2.44. The highest BCUT2D eigenvalue weighted by molar-refractivity contribution is 5.76. The van der Waals surface area contributed by atoms with Gasteiger partial charge in [0.05, 0.1) is 0 Å². The van der Waals surface area contributed by atoms with Gasteiger partial charge in [-0.15, -0.1) is 0 Å². The van der Waals surface area contributed by atoms with Gasteiger partial charge >= 0.3 is 0 Å². The highest BCUT2D eigenvalue weighted by Crippen LogP contribution is 2.23. The average molecular weight is 239 g/mol. The van der Waals surface area contributed by atoms with Crippen molar-refractivity contribution in [1.29, 1.82) is 0 Å². The van der Waals surface area contributed by atoms with Crippen LogP contribution < -0.4 is 0 Å². The third-order valence-electron chi connectivity index (χ3n) is 3.33. The van der Waals surface area contributed by atoms with Crippen LogP contribution in [0.3, 0.4) is 0 Å².